The Morgan fingerprint density at radius 3 is 3.00 bits per heavy atom. The standard InChI is InChI=1S/C15H26N2S/c1-12(10-15-7-5-9-18-15)16-13(2)14-6-4-8-17(3)11-14/h5,7,9,12-14,16H,4,6,8,10-11H2,1-3H3. The van der Waals surface area contributed by atoms with Crippen LogP contribution in [-0.4, -0.2) is 37.1 Å². The van der Waals surface area contributed by atoms with E-state index in [1.54, 1.807) is 0 Å². The molecule has 3 heteroatoms. The second-order valence-corrected chi connectivity index (χ2v) is 6.84. The quantitative estimate of drug-likeness (QED) is 0.881. The lowest BCUT2D eigenvalue weighted by atomic mass is 9.91. The lowest BCUT2D eigenvalue weighted by Crippen LogP contribution is -2.46. The number of nitrogens with zero attached hydrogens (tertiary/aromatic N) is 1. The third kappa shape index (κ3) is 4.08. The lowest BCUT2D eigenvalue weighted by Gasteiger charge is -2.35. The van der Waals surface area contributed by atoms with E-state index in [1.165, 1.54) is 30.8 Å². The average Bonchev–Trinajstić information content (AvgIpc) is 2.81. The Balaban J connectivity index is 1.77. The van der Waals surface area contributed by atoms with Gasteiger partial charge in [-0.25, -0.2) is 0 Å². The molecule has 0 aliphatic carbocycles. The highest BCUT2D eigenvalue weighted by atomic mass is 32.1. The van der Waals surface area contributed by atoms with Gasteiger partial charge in [-0.15, -0.1) is 11.3 Å². The topological polar surface area (TPSA) is 15.3 Å². The van der Waals surface area contributed by atoms with E-state index < -0.39 is 0 Å². The van der Waals surface area contributed by atoms with E-state index >= 15 is 0 Å². The number of piperidine rings is 1. The number of nitrogens with one attached hydrogen (secondary N) is 1. The van der Waals surface area contributed by atoms with E-state index in [4.69, 9.17) is 0 Å². The highest BCUT2D eigenvalue weighted by Gasteiger charge is 2.23. The van der Waals surface area contributed by atoms with Crippen LogP contribution in [0.3, 0.4) is 0 Å². The van der Waals surface area contributed by atoms with Gasteiger partial charge in [0.1, 0.15) is 0 Å². The lowest BCUT2D eigenvalue weighted by molar-refractivity contribution is 0.174. The van der Waals surface area contributed by atoms with Crippen molar-refractivity contribution in [1.82, 2.24) is 10.2 Å². The van der Waals surface area contributed by atoms with Gasteiger partial charge in [0.05, 0.1) is 0 Å². The minimum absolute atomic E-state index is 0.575. The van der Waals surface area contributed by atoms with Crippen molar-refractivity contribution >= 4 is 11.3 Å². The molecular formula is C15H26N2S. The zero-order valence-corrected chi connectivity index (χ0v) is 12.7. The predicted molar refractivity (Wildman–Crippen MR) is 80.3 cm³/mol. The van der Waals surface area contributed by atoms with Crippen LogP contribution in [0.25, 0.3) is 0 Å². The molecule has 1 fully saturated rings. The third-order valence-electron chi connectivity index (χ3n) is 4.00. The molecule has 1 saturated heterocycles. The summed E-state index contributed by atoms with van der Waals surface area (Å²) in [5, 5.41) is 5.96. The monoisotopic (exact) mass is 266 g/mol. The van der Waals surface area contributed by atoms with Gasteiger partial charge in [0.2, 0.25) is 0 Å². The number of likely N-dealkylation sites (tertiary alicyclic amines) is 1. The molecule has 3 atom stereocenters. The van der Waals surface area contributed by atoms with Crippen LogP contribution in [0.15, 0.2) is 17.5 Å². The summed E-state index contributed by atoms with van der Waals surface area (Å²) in [4.78, 5) is 3.96. The number of hydrogen-bond donors (Lipinski definition) is 1. The third-order valence-corrected chi connectivity index (χ3v) is 4.90. The van der Waals surface area contributed by atoms with Crippen molar-refractivity contribution in [3.63, 3.8) is 0 Å². The molecule has 3 unspecified atom stereocenters. The van der Waals surface area contributed by atoms with E-state index in [1.807, 2.05) is 11.3 Å². The first-order valence-electron chi connectivity index (χ1n) is 7.12. The molecule has 0 aromatic carbocycles. The maximum absolute atomic E-state index is 3.79. The summed E-state index contributed by atoms with van der Waals surface area (Å²) in [6.07, 6.45) is 3.89. The molecule has 0 saturated carbocycles. The molecule has 1 aliphatic heterocycles. The maximum Gasteiger partial charge on any atom is 0.00896 e. The van der Waals surface area contributed by atoms with Crippen LogP contribution in [-0.2, 0) is 6.42 Å². The van der Waals surface area contributed by atoms with Crippen molar-refractivity contribution < 1.29 is 0 Å². The van der Waals surface area contributed by atoms with Gasteiger partial charge in [-0.05, 0) is 64.1 Å². The van der Waals surface area contributed by atoms with Gasteiger partial charge in [-0.1, -0.05) is 6.07 Å². The molecule has 2 nitrogen and oxygen atoms in total. The fraction of sp³-hybridized carbons (Fsp3) is 0.733. The Hall–Kier alpha value is -0.380. The van der Waals surface area contributed by atoms with Gasteiger partial charge >= 0.3 is 0 Å². The van der Waals surface area contributed by atoms with Crippen LogP contribution in [0.5, 0.6) is 0 Å². The fourth-order valence-electron chi connectivity index (χ4n) is 2.99. The maximum atomic E-state index is 3.79. The van der Waals surface area contributed by atoms with Crippen LogP contribution in [0.4, 0.5) is 0 Å². The normalized spacial score (nSPS) is 24.9. The number of hydrogen-bond acceptors (Lipinski definition) is 3. The van der Waals surface area contributed by atoms with Gasteiger partial charge in [-0.2, -0.15) is 0 Å². The Morgan fingerprint density at radius 2 is 2.33 bits per heavy atom. The van der Waals surface area contributed by atoms with Crippen LogP contribution >= 0.6 is 11.3 Å². The van der Waals surface area contributed by atoms with Gasteiger partial charge in [-0.3, -0.25) is 0 Å². The smallest absolute Gasteiger partial charge is 0.00896 e. The minimum Gasteiger partial charge on any atom is -0.311 e. The molecule has 0 spiro atoms. The second kappa shape index (κ2) is 6.69. The molecule has 2 rings (SSSR count). The Kier molecular flexibility index (Phi) is 5.22. The average molecular weight is 266 g/mol. The van der Waals surface area contributed by atoms with E-state index in [0.29, 0.717) is 12.1 Å². The second-order valence-electron chi connectivity index (χ2n) is 5.80. The largest absolute Gasteiger partial charge is 0.311 e. The molecule has 1 aliphatic rings. The van der Waals surface area contributed by atoms with Crippen molar-refractivity contribution in [3.8, 4) is 0 Å². The van der Waals surface area contributed by atoms with Crippen molar-refractivity contribution in [2.24, 2.45) is 5.92 Å². The van der Waals surface area contributed by atoms with E-state index in [0.717, 1.165) is 12.3 Å². The summed E-state index contributed by atoms with van der Waals surface area (Å²) in [6, 6.07) is 5.59. The molecule has 1 N–H and O–H groups in total. The summed E-state index contributed by atoms with van der Waals surface area (Å²) in [5.74, 6) is 0.814. The van der Waals surface area contributed by atoms with Gasteiger partial charge in [0.25, 0.3) is 0 Å². The van der Waals surface area contributed by atoms with Crippen molar-refractivity contribution in [1.29, 1.82) is 0 Å². The summed E-state index contributed by atoms with van der Waals surface area (Å²) in [5.41, 5.74) is 0. The molecule has 18 heavy (non-hydrogen) atoms. The highest BCUT2D eigenvalue weighted by molar-refractivity contribution is 7.09. The van der Waals surface area contributed by atoms with E-state index in [-0.39, 0.29) is 0 Å². The Bertz CT molecular complexity index is 336. The first kappa shape index (κ1) is 14.0. The first-order valence-corrected chi connectivity index (χ1v) is 8.00. The fourth-order valence-corrected chi connectivity index (χ4v) is 3.82. The molecule has 102 valence electrons. The Labute approximate surface area is 115 Å². The van der Waals surface area contributed by atoms with Gasteiger partial charge < -0.3 is 10.2 Å². The molecule has 0 bridgehead atoms. The first-order chi connectivity index (χ1) is 8.65. The minimum atomic E-state index is 0.575. The van der Waals surface area contributed by atoms with Crippen LogP contribution in [0.2, 0.25) is 0 Å². The SMILES string of the molecule is CC(Cc1cccs1)NC(C)C1CCCN(C)C1. The van der Waals surface area contributed by atoms with Crippen molar-refractivity contribution in [3.05, 3.63) is 22.4 Å². The number of thiophene rings is 1. The zero-order valence-electron chi connectivity index (χ0n) is 11.9. The van der Waals surface area contributed by atoms with Crippen LogP contribution in [0, 0.1) is 5.92 Å². The van der Waals surface area contributed by atoms with Crippen LogP contribution < -0.4 is 5.32 Å². The molecular weight excluding hydrogens is 240 g/mol. The van der Waals surface area contributed by atoms with Crippen LogP contribution in [0.1, 0.15) is 31.6 Å². The van der Waals surface area contributed by atoms with Gasteiger partial charge in [0, 0.05) is 23.5 Å². The highest BCUT2D eigenvalue weighted by Crippen LogP contribution is 2.19. The van der Waals surface area contributed by atoms with Gasteiger partial charge in [0.15, 0.2) is 0 Å². The summed E-state index contributed by atoms with van der Waals surface area (Å²) in [7, 11) is 2.24. The molecule has 1 aromatic heterocycles. The summed E-state index contributed by atoms with van der Waals surface area (Å²) >= 11 is 1.87. The Morgan fingerprint density at radius 1 is 1.50 bits per heavy atom. The molecule has 2 heterocycles. The molecule has 1 aromatic rings. The number of rotatable bonds is 5. The predicted octanol–water partition coefficient (Wildman–Crippen LogP) is 3.00. The van der Waals surface area contributed by atoms with E-state index in [9.17, 15) is 0 Å². The van der Waals surface area contributed by atoms with E-state index in [2.05, 4.69) is 48.6 Å². The molecule has 0 radical (unpaired) electrons. The van der Waals surface area contributed by atoms with Crippen molar-refractivity contribution in [2.45, 2.75) is 45.2 Å². The van der Waals surface area contributed by atoms with Crippen molar-refractivity contribution in [2.75, 3.05) is 20.1 Å². The zero-order chi connectivity index (χ0) is 13.0. The summed E-state index contributed by atoms with van der Waals surface area (Å²) < 4.78 is 0. The molecule has 0 amide bonds. The summed E-state index contributed by atoms with van der Waals surface area (Å²) in [6.45, 7) is 7.19.